The Bertz CT molecular complexity index is 5170. The van der Waals surface area contributed by atoms with E-state index in [0.717, 1.165) is 27.6 Å². The monoisotopic (exact) mass is 1230 g/mol. The van der Waals surface area contributed by atoms with Gasteiger partial charge in [0.05, 0.1) is 37.3 Å². The Morgan fingerprint density at radius 1 is 0.532 bits per heavy atom. The maximum absolute atomic E-state index is 9.48. The van der Waals surface area contributed by atoms with E-state index in [9.17, 15) is 2.74 Å². The van der Waals surface area contributed by atoms with Crippen molar-refractivity contribution in [2.45, 2.75) is 85.4 Å². The molecule has 3 heterocycles. The number of ether oxygens (including phenoxy) is 1. The Morgan fingerprint density at radius 2 is 1.16 bits per heavy atom. The van der Waals surface area contributed by atoms with Crippen LogP contribution in [0.15, 0.2) is 206 Å². The minimum absolute atomic E-state index is 0. The summed E-state index contributed by atoms with van der Waals surface area (Å²) >= 11 is 0. The fourth-order valence-corrected chi connectivity index (χ4v) is 9.92. The van der Waals surface area contributed by atoms with Gasteiger partial charge >= 0.3 is 0 Å². The summed E-state index contributed by atoms with van der Waals surface area (Å²) in [6.07, 6.45) is 4.83. The molecule has 394 valence electrons. The van der Waals surface area contributed by atoms with Crippen molar-refractivity contribution in [3.8, 4) is 73.2 Å². The van der Waals surface area contributed by atoms with Crippen LogP contribution in [-0.2, 0) is 37.3 Å². The normalized spacial score (nSPS) is 15.5. The van der Waals surface area contributed by atoms with Crippen LogP contribution in [-0.4, -0.2) is 14.1 Å². The van der Waals surface area contributed by atoms with E-state index in [1.807, 2.05) is 75.4 Å². The van der Waals surface area contributed by atoms with E-state index >= 15 is 0 Å². The first kappa shape index (κ1) is 35.4. The van der Waals surface area contributed by atoms with Crippen molar-refractivity contribution in [3.63, 3.8) is 0 Å². The number of para-hydroxylation sites is 1. The van der Waals surface area contributed by atoms with Crippen LogP contribution in [0.3, 0.4) is 0 Å². The summed E-state index contributed by atoms with van der Waals surface area (Å²) in [4.78, 5) is 4.72. The van der Waals surface area contributed by atoms with E-state index in [-0.39, 0.29) is 88.2 Å². The minimum Gasteiger partial charge on any atom is -0.510 e. The zero-order valence-corrected chi connectivity index (χ0v) is 47.3. The molecule has 9 aromatic carbocycles. The van der Waals surface area contributed by atoms with Crippen LogP contribution in [0.1, 0.15) is 109 Å². The molecule has 12 rings (SSSR count). The average molecular weight is 1230 g/mol. The van der Waals surface area contributed by atoms with Gasteiger partial charge in [-0.25, -0.2) is 4.98 Å². The molecule has 0 bridgehead atoms. The third-order valence-electron chi connectivity index (χ3n) is 14.0. The molecule has 3 aromatic heterocycles. The first-order valence-electron chi connectivity index (χ1n) is 34.6. The van der Waals surface area contributed by atoms with E-state index in [0.29, 0.717) is 44.4 Å². The number of nitrogens with zero attached hydrogens (tertiary/aromatic N) is 4. The fraction of sp³-hybridized carbons (Fsp3) is 0.178. The predicted octanol–water partition coefficient (Wildman–Crippen LogP) is 18.5. The maximum Gasteiger partial charge on any atom is 0.268 e. The van der Waals surface area contributed by atoms with Gasteiger partial charge in [-0.2, -0.15) is 18.2 Å². The van der Waals surface area contributed by atoms with Gasteiger partial charge in [0.25, 0.3) is 6.33 Å². The van der Waals surface area contributed by atoms with E-state index < -0.39 is 103 Å². The minimum atomic E-state index is -2.84. The Balaban J connectivity index is 0.00000954. The van der Waals surface area contributed by atoms with Crippen molar-refractivity contribution in [3.05, 3.63) is 247 Å². The second-order valence-electron chi connectivity index (χ2n) is 22.5. The molecule has 0 saturated carbocycles. The summed E-state index contributed by atoms with van der Waals surface area (Å²) in [7, 11) is 0. The summed E-state index contributed by atoms with van der Waals surface area (Å²) in [5.41, 5.74) is 5.28. The van der Waals surface area contributed by atoms with Crippen LogP contribution in [0.25, 0.3) is 94.5 Å². The molecule has 0 unspecified atom stereocenters. The molecule has 0 atom stereocenters. The number of hydrogen-bond donors (Lipinski definition) is 0. The van der Waals surface area contributed by atoms with Crippen LogP contribution in [0, 0.1) is 25.3 Å². The first-order chi connectivity index (χ1) is 44.9. The van der Waals surface area contributed by atoms with Crippen LogP contribution in [0.2, 0.25) is 0 Å². The van der Waals surface area contributed by atoms with E-state index in [1.54, 1.807) is 38.0 Å². The van der Waals surface area contributed by atoms with Crippen LogP contribution < -0.4 is 9.30 Å². The summed E-state index contributed by atoms with van der Waals surface area (Å²) in [5, 5.41) is 1.48. The molecule has 0 spiro atoms. The quantitative estimate of drug-likeness (QED) is 0.107. The number of rotatable bonds is 9. The third-order valence-corrected chi connectivity index (χ3v) is 14.0. The molecule has 5 nitrogen and oxygen atoms in total. The zero-order valence-electron chi connectivity index (χ0n) is 63.0. The number of imidazole rings is 1. The maximum atomic E-state index is 9.48. The van der Waals surface area contributed by atoms with E-state index in [2.05, 4.69) is 78.2 Å². The van der Waals surface area contributed by atoms with Crippen LogP contribution in [0.5, 0.6) is 11.5 Å². The number of pyridine rings is 1. The van der Waals surface area contributed by atoms with Crippen molar-refractivity contribution in [1.82, 2.24) is 14.1 Å². The second kappa shape index (κ2) is 20.6. The molecule has 0 aliphatic carbocycles. The molecule has 0 N–H and O–H groups in total. The van der Waals surface area contributed by atoms with Crippen LogP contribution in [0.4, 0.5) is 0 Å². The molecule has 0 aliphatic rings. The van der Waals surface area contributed by atoms with Crippen molar-refractivity contribution < 1.29 is 55.0 Å². The molecule has 0 radical (unpaired) electrons. The van der Waals surface area contributed by atoms with Gasteiger partial charge in [-0.15, -0.1) is 29.7 Å². The van der Waals surface area contributed by atoms with Crippen LogP contribution >= 0.6 is 0 Å². The number of hydrogen-bond acceptors (Lipinski definition) is 2. The number of aromatic nitrogens is 4. The Kier molecular flexibility index (Phi) is 9.23. The molecule has 0 fully saturated rings. The second-order valence-corrected chi connectivity index (χ2v) is 22.5. The van der Waals surface area contributed by atoms with Gasteiger partial charge in [-0.3, -0.25) is 4.57 Å². The van der Waals surface area contributed by atoms with Gasteiger partial charge in [-0.05, 0) is 120 Å². The van der Waals surface area contributed by atoms with Gasteiger partial charge in [-0.1, -0.05) is 213 Å². The summed E-state index contributed by atoms with van der Waals surface area (Å²) in [6.45, 7) is 15.9. The first-order valence-corrected chi connectivity index (χ1v) is 25.6. The smallest absolute Gasteiger partial charge is 0.268 e. The van der Waals surface area contributed by atoms with Gasteiger partial charge in [0.1, 0.15) is 5.82 Å². The SMILES string of the molecule is [2H]c1c([2H])c([2H])c(-c2cc(-c3c([2H])c([2H])c([2H])c([2H])c3[2H])c(-[n+]3[c-]n(-c4[c-]c(Oc5[c-]c6c(cc5)c5ccccc5n6-c5cc(C([2H])([2H])[2H])c(-c6c([2H])c([2H])c([2H])c([2H])c6[2H])cn5)ccc4)c4cc(-c5cc(C(C)(C)C)cc(C(C)(C)C)c5)ccc43)c(C(C)(C)C)c2)c([2H])c1[2H].[Pt]. The Morgan fingerprint density at radius 3 is 1.82 bits per heavy atom. The van der Waals surface area contributed by atoms with Crippen molar-refractivity contribution in [1.29, 1.82) is 0 Å². The van der Waals surface area contributed by atoms with Crippen molar-refractivity contribution >= 4 is 32.8 Å². The molecule has 6 heteroatoms. The molecular weight excluding hydrogens is 1140 g/mol. The van der Waals surface area contributed by atoms with Gasteiger partial charge in [0, 0.05) is 54.0 Å². The standard InChI is InChI=1S/C73H64N4O.Pt/c1-48-37-69(74-46-63(48)51-27-18-13-19-28-51)77-65-32-21-20-31-60(65)61-35-34-59(45-67(61)77)78-58-30-22-29-57(44-58)75-47-76(66-36-33-52(42-68(66)75)53-38-55(71(2,3)4)43-56(39-53)72(5,6)7)70-62(50-25-16-12-17-26-50)40-54(41-64(70)73(8,9)10)49-23-14-11-15-24-49;/h11-43,46H,1-10H3;/q-2;/i1D3,11D,12D,13D,14D,15D,16D,17D,18D,19D,23D,24D,25D,26D,27D,28D;. The molecule has 0 amide bonds. The summed E-state index contributed by atoms with van der Waals surface area (Å²) < 4.78 is 170. The number of aryl methyl sites for hydroxylation is 1. The Hall–Kier alpha value is -8.11. The summed E-state index contributed by atoms with van der Waals surface area (Å²) in [5.74, 6) is 0.581. The fourth-order valence-electron chi connectivity index (χ4n) is 9.92. The zero-order chi connectivity index (χ0) is 69.6. The van der Waals surface area contributed by atoms with E-state index in [1.165, 1.54) is 18.3 Å². The largest absolute Gasteiger partial charge is 0.510 e. The average Bonchev–Trinajstić information content (AvgIpc) is 1.68. The van der Waals surface area contributed by atoms with Gasteiger partial charge < -0.3 is 13.9 Å². The van der Waals surface area contributed by atoms with Gasteiger partial charge in [0.15, 0.2) is 0 Å². The number of fused-ring (bicyclic) bond motifs is 4. The predicted molar refractivity (Wildman–Crippen MR) is 323 cm³/mol. The van der Waals surface area contributed by atoms with Crippen molar-refractivity contribution in [2.75, 3.05) is 0 Å². The van der Waals surface area contributed by atoms with E-state index in [4.69, 9.17) is 31.7 Å². The third kappa shape index (κ3) is 10.2. The molecular formula is C73H64N4OPt-2. The van der Waals surface area contributed by atoms with Gasteiger partial charge in [0.2, 0.25) is 0 Å². The molecule has 0 aliphatic heterocycles. The number of benzene rings is 9. The summed E-state index contributed by atoms with van der Waals surface area (Å²) in [6, 6.07) is 31.7. The molecule has 0 saturated heterocycles. The topological polar surface area (TPSA) is 35.9 Å². The Labute approximate surface area is 505 Å². The molecule has 79 heavy (non-hydrogen) atoms. The van der Waals surface area contributed by atoms with Crippen molar-refractivity contribution in [2.24, 2.45) is 0 Å². The molecule has 12 aromatic rings.